The summed E-state index contributed by atoms with van der Waals surface area (Å²) in [5.74, 6) is 0. The molecule has 15 heavy (non-hydrogen) atoms. The van der Waals surface area contributed by atoms with Crippen molar-refractivity contribution in [3.8, 4) is 0 Å². The number of primary sulfonamides is 1. The summed E-state index contributed by atoms with van der Waals surface area (Å²) in [7, 11) is -4.08. The first kappa shape index (κ1) is 12.1. The van der Waals surface area contributed by atoms with E-state index in [9.17, 15) is 18.5 Å². The molecule has 0 bridgehead atoms. The number of rotatable bonds is 2. The van der Waals surface area contributed by atoms with Gasteiger partial charge in [0.2, 0.25) is 10.0 Å². The molecular weight excluding hydrogens is 288 g/mol. The zero-order valence-electron chi connectivity index (χ0n) is 7.60. The van der Waals surface area contributed by atoms with Crippen molar-refractivity contribution in [1.29, 1.82) is 0 Å². The molecule has 8 heteroatoms. The van der Waals surface area contributed by atoms with Crippen LogP contribution in [0, 0.1) is 17.0 Å². The lowest BCUT2D eigenvalue weighted by molar-refractivity contribution is -0.388. The highest BCUT2D eigenvalue weighted by Crippen LogP contribution is 2.31. The summed E-state index contributed by atoms with van der Waals surface area (Å²) in [6.07, 6.45) is 0. The van der Waals surface area contributed by atoms with E-state index in [4.69, 9.17) is 5.14 Å². The minimum Gasteiger partial charge on any atom is -0.258 e. The van der Waals surface area contributed by atoms with Gasteiger partial charge in [0.25, 0.3) is 5.69 Å². The van der Waals surface area contributed by atoms with Crippen LogP contribution in [0.5, 0.6) is 0 Å². The highest BCUT2D eigenvalue weighted by Gasteiger charge is 2.26. The van der Waals surface area contributed by atoms with Gasteiger partial charge in [-0.15, -0.1) is 0 Å². The molecule has 0 saturated carbocycles. The molecule has 0 aliphatic heterocycles. The molecule has 0 aliphatic rings. The van der Waals surface area contributed by atoms with Gasteiger partial charge in [0.05, 0.1) is 4.92 Å². The molecule has 1 rings (SSSR count). The highest BCUT2D eigenvalue weighted by molar-refractivity contribution is 9.10. The Balaban J connectivity index is 3.70. The summed E-state index contributed by atoms with van der Waals surface area (Å²) in [6, 6.07) is 2.51. The topological polar surface area (TPSA) is 103 Å². The number of sulfonamides is 1. The first-order valence-corrected chi connectivity index (χ1v) is 6.05. The van der Waals surface area contributed by atoms with Crippen molar-refractivity contribution < 1.29 is 13.3 Å². The Bertz CT molecular complexity index is 526. The predicted molar refractivity (Wildman–Crippen MR) is 56.9 cm³/mol. The van der Waals surface area contributed by atoms with Crippen LogP contribution in [0.4, 0.5) is 5.69 Å². The molecule has 2 N–H and O–H groups in total. The van der Waals surface area contributed by atoms with E-state index in [1.807, 2.05) is 0 Å². The highest BCUT2D eigenvalue weighted by atomic mass is 79.9. The Morgan fingerprint density at radius 3 is 2.40 bits per heavy atom. The SMILES string of the molecule is Cc1c(Br)ccc(S(N)(=O)=O)c1[N+](=O)[O-]. The van der Waals surface area contributed by atoms with E-state index in [-0.39, 0.29) is 5.56 Å². The minimum atomic E-state index is -4.08. The van der Waals surface area contributed by atoms with Crippen LogP contribution < -0.4 is 5.14 Å². The van der Waals surface area contributed by atoms with Gasteiger partial charge in [0, 0.05) is 10.0 Å². The van der Waals surface area contributed by atoms with Crippen LogP contribution >= 0.6 is 15.9 Å². The Hall–Kier alpha value is -0.990. The zero-order chi connectivity index (χ0) is 11.8. The molecule has 0 heterocycles. The minimum absolute atomic E-state index is 0.228. The Morgan fingerprint density at radius 1 is 1.47 bits per heavy atom. The molecule has 0 radical (unpaired) electrons. The molecule has 0 atom stereocenters. The molecule has 0 fully saturated rings. The summed E-state index contributed by atoms with van der Waals surface area (Å²) in [5, 5.41) is 15.6. The third-order valence-electron chi connectivity index (χ3n) is 1.82. The van der Waals surface area contributed by atoms with Gasteiger partial charge in [0.1, 0.15) is 0 Å². The quantitative estimate of drug-likeness (QED) is 0.656. The van der Waals surface area contributed by atoms with Crippen LogP contribution in [0.1, 0.15) is 5.56 Å². The van der Waals surface area contributed by atoms with E-state index in [0.717, 1.165) is 6.07 Å². The monoisotopic (exact) mass is 294 g/mol. The van der Waals surface area contributed by atoms with E-state index in [0.29, 0.717) is 4.47 Å². The second-order valence-corrected chi connectivity index (χ2v) is 5.21. The number of nitro groups is 1. The van der Waals surface area contributed by atoms with E-state index >= 15 is 0 Å². The van der Waals surface area contributed by atoms with Gasteiger partial charge in [0.15, 0.2) is 4.90 Å². The van der Waals surface area contributed by atoms with Crippen molar-refractivity contribution in [2.24, 2.45) is 5.14 Å². The lowest BCUT2D eigenvalue weighted by atomic mass is 10.2. The van der Waals surface area contributed by atoms with Gasteiger partial charge in [-0.25, -0.2) is 13.6 Å². The maximum atomic E-state index is 11.1. The first-order chi connectivity index (χ1) is 6.75. The number of nitro benzene ring substituents is 1. The summed E-state index contributed by atoms with van der Waals surface area (Å²) in [4.78, 5) is 9.46. The fourth-order valence-electron chi connectivity index (χ4n) is 1.11. The molecule has 1 aromatic carbocycles. The van der Waals surface area contributed by atoms with Crippen LogP contribution in [0.3, 0.4) is 0 Å². The normalized spacial score (nSPS) is 11.4. The van der Waals surface area contributed by atoms with Crippen molar-refractivity contribution in [3.05, 3.63) is 32.3 Å². The van der Waals surface area contributed by atoms with Gasteiger partial charge < -0.3 is 0 Å². The predicted octanol–water partition coefficient (Wildman–Crippen LogP) is 1.31. The smallest absolute Gasteiger partial charge is 0.258 e. The third kappa shape index (κ3) is 2.33. The van der Waals surface area contributed by atoms with Gasteiger partial charge in [-0.1, -0.05) is 15.9 Å². The van der Waals surface area contributed by atoms with Crippen LogP contribution in [-0.4, -0.2) is 13.3 Å². The van der Waals surface area contributed by atoms with Gasteiger partial charge in [-0.2, -0.15) is 0 Å². The molecule has 0 aromatic heterocycles. The van der Waals surface area contributed by atoms with Gasteiger partial charge >= 0.3 is 0 Å². The molecule has 0 unspecified atom stereocenters. The van der Waals surface area contributed by atoms with Crippen molar-refractivity contribution in [3.63, 3.8) is 0 Å². The Kier molecular flexibility index (Phi) is 3.12. The maximum absolute atomic E-state index is 11.1. The van der Waals surface area contributed by atoms with E-state index in [2.05, 4.69) is 15.9 Å². The van der Waals surface area contributed by atoms with Crippen molar-refractivity contribution >= 4 is 31.6 Å². The average molecular weight is 295 g/mol. The maximum Gasteiger partial charge on any atom is 0.293 e. The number of hydrogen-bond acceptors (Lipinski definition) is 4. The molecule has 0 saturated heterocycles. The number of nitrogens with zero attached hydrogens (tertiary/aromatic N) is 1. The van der Waals surface area contributed by atoms with Crippen LogP contribution in [0.2, 0.25) is 0 Å². The van der Waals surface area contributed by atoms with Gasteiger partial charge in [-0.05, 0) is 19.1 Å². The number of nitrogens with two attached hydrogens (primary N) is 1. The fourth-order valence-corrected chi connectivity index (χ4v) is 2.18. The summed E-state index contributed by atoms with van der Waals surface area (Å²) >= 11 is 3.08. The average Bonchev–Trinajstić information content (AvgIpc) is 2.06. The molecule has 6 nitrogen and oxygen atoms in total. The molecule has 0 amide bonds. The lowest BCUT2D eigenvalue weighted by Gasteiger charge is -2.04. The summed E-state index contributed by atoms with van der Waals surface area (Å²) < 4.78 is 22.6. The van der Waals surface area contributed by atoms with Gasteiger partial charge in [-0.3, -0.25) is 10.1 Å². The van der Waals surface area contributed by atoms with E-state index < -0.39 is 25.5 Å². The van der Waals surface area contributed by atoms with E-state index in [1.54, 1.807) is 0 Å². The third-order valence-corrected chi connectivity index (χ3v) is 3.62. The molecular formula is C7H7BrN2O4S. The molecule has 82 valence electrons. The van der Waals surface area contributed by atoms with Crippen LogP contribution in [-0.2, 0) is 10.0 Å². The van der Waals surface area contributed by atoms with Crippen molar-refractivity contribution in [2.45, 2.75) is 11.8 Å². The molecule has 0 aliphatic carbocycles. The Labute approximate surface area is 94.4 Å². The largest absolute Gasteiger partial charge is 0.293 e. The second-order valence-electron chi connectivity index (χ2n) is 2.82. The van der Waals surface area contributed by atoms with Crippen molar-refractivity contribution in [2.75, 3.05) is 0 Å². The number of benzene rings is 1. The van der Waals surface area contributed by atoms with Crippen LogP contribution in [0.25, 0.3) is 0 Å². The lowest BCUT2D eigenvalue weighted by Crippen LogP contribution is -2.14. The summed E-state index contributed by atoms with van der Waals surface area (Å²) in [6.45, 7) is 1.44. The number of halogens is 1. The molecule has 0 spiro atoms. The van der Waals surface area contributed by atoms with Crippen molar-refractivity contribution in [1.82, 2.24) is 0 Å². The first-order valence-electron chi connectivity index (χ1n) is 3.71. The summed E-state index contributed by atoms with van der Waals surface area (Å²) in [5.41, 5.74) is -0.265. The van der Waals surface area contributed by atoms with Crippen LogP contribution in [0.15, 0.2) is 21.5 Å². The fraction of sp³-hybridized carbons (Fsp3) is 0.143. The Morgan fingerprint density at radius 2 is 2.00 bits per heavy atom. The standard InChI is InChI=1S/C7H7BrN2O4S/c1-4-5(8)2-3-6(15(9,13)14)7(4)10(11)12/h2-3H,1H3,(H2,9,13,14). The second kappa shape index (κ2) is 3.87. The molecule has 1 aromatic rings. The zero-order valence-corrected chi connectivity index (χ0v) is 10.0. The number of hydrogen-bond donors (Lipinski definition) is 1. The van der Waals surface area contributed by atoms with E-state index in [1.165, 1.54) is 13.0 Å².